The van der Waals surface area contributed by atoms with Crippen molar-refractivity contribution in [2.24, 2.45) is 11.8 Å². The number of hydrogen-bond acceptors (Lipinski definition) is 3. The van der Waals surface area contributed by atoms with E-state index in [1.165, 1.54) is 58.2 Å². The quantitative estimate of drug-likeness (QED) is 0.839. The minimum atomic E-state index is -0.0755. The van der Waals surface area contributed by atoms with E-state index < -0.39 is 0 Å². The van der Waals surface area contributed by atoms with Crippen molar-refractivity contribution in [1.29, 1.82) is 0 Å². The van der Waals surface area contributed by atoms with Gasteiger partial charge in [-0.15, -0.1) is 0 Å². The molecule has 118 valence electrons. The average Bonchev–Trinajstić information content (AvgIpc) is 2.42. The van der Waals surface area contributed by atoms with Gasteiger partial charge in [0, 0.05) is 12.6 Å². The minimum absolute atomic E-state index is 0.0755. The zero-order valence-corrected chi connectivity index (χ0v) is 13.7. The monoisotopic (exact) mass is 282 g/mol. The van der Waals surface area contributed by atoms with Gasteiger partial charge in [0.15, 0.2) is 0 Å². The summed E-state index contributed by atoms with van der Waals surface area (Å²) < 4.78 is 0. The summed E-state index contributed by atoms with van der Waals surface area (Å²) in [5, 5.41) is 10.4. The zero-order valence-electron chi connectivity index (χ0n) is 13.7. The molecule has 3 heteroatoms. The largest absolute Gasteiger partial charge is 0.391 e. The van der Waals surface area contributed by atoms with Crippen LogP contribution in [-0.2, 0) is 0 Å². The molecule has 0 aromatic rings. The smallest absolute Gasteiger partial charge is 0.0695 e. The first-order valence-electron chi connectivity index (χ1n) is 8.67. The van der Waals surface area contributed by atoms with Crippen LogP contribution in [0.25, 0.3) is 0 Å². The van der Waals surface area contributed by atoms with E-state index in [2.05, 4.69) is 30.8 Å². The van der Waals surface area contributed by atoms with Crippen molar-refractivity contribution in [3.63, 3.8) is 0 Å². The molecular formula is C17H34N2O. The second kappa shape index (κ2) is 7.77. The van der Waals surface area contributed by atoms with Gasteiger partial charge in [0.05, 0.1) is 6.10 Å². The predicted molar refractivity (Wildman–Crippen MR) is 84.9 cm³/mol. The van der Waals surface area contributed by atoms with Gasteiger partial charge in [-0.2, -0.15) is 0 Å². The molecule has 20 heavy (non-hydrogen) atoms. The minimum Gasteiger partial charge on any atom is -0.391 e. The highest BCUT2D eigenvalue weighted by atomic mass is 16.3. The number of rotatable bonds is 5. The molecule has 1 saturated heterocycles. The summed E-state index contributed by atoms with van der Waals surface area (Å²) in [6, 6.07) is 0.445. The molecule has 1 N–H and O–H groups in total. The van der Waals surface area contributed by atoms with Crippen LogP contribution in [0.15, 0.2) is 0 Å². The Morgan fingerprint density at radius 3 is 2.35 bits per heavy atom. The molecule has 3 unspecified atom stereocenters. The Bertz CT molecular complexity index is 274. The van der Waals surface area contributed by atoms with Crippen LogP contribution in [0.5, 0.6) is 0 Å². The number of hydrogen-bond donors (Lipinski definition) is 1. The van der Waals surface area contributed by atoms with Gasteiger partial charge in [-0.3, -0.25) is 4.90 Å². The lowest BCUT2D eigenvalue weighted by molar-refractivity contribution is -0.0134. The van der Waals surface area contributed by atoms with Gasteiger partial charge in [0.25, 0.3) is 0 Å². The fourth-order valence-corrected chi connectivity index (χ4v) is 4.26. The van der Waals surface area contributed by atoms with Crippen LogP contribution in [0.3, 0.4) is 0 Å². The molecule has 3 atom stereocenters. The maximum atomic E-state index is 10.4. The molecule has 2 fully saturated rings. The Balaban J connectivity index is 1.82. The Morgan fingerprint density at radius 2 is 1.75 bits per heavy atom. The van der Waals surface area contributed by atoms with Gasteiger partial charge in [0.2, 0.25) is 0 Å². The van der Waals surface area contributed by atoms with E-state index in [9.17, 15) is 5.11 Å². The van der Waals surface area contributed by atoms with Gasteiger partial charge in [0.1, 0.15) is 0 Å². The third-order valence-electron chi connectivity index (χ3n) is 5.33. The van der Waals surface area contributed by atoms with Crippen LogP contribution in [-0.4, -0.2) is 60.8 Å². The van der Waals surface area contributed by atoms with E-state index in [4.69, 9.17) is 0 Å². The van der Waals surface area contributed by atoms with Gasteiger partial charge in [-0.25, -0.2) is 0 Å². The summed E-state index contributed by atoms with van der Waals surface area (Å²) >= 11 is 0. The fourth-order valence-electron chi connectivity index (χ4n) is 4.26. The molecule has 2 aliphatic rings. The summed E-state index contributed by atoms with van der Waals surface area (Å²) in [5.41, 5.74) is 0. The van der Waals surface area contributed by atoms with Crippen LogP contribution < -0.4 is 0 Å². The molecule has 2 rings (SSSR count). The molecule has 0 radical (unpaired) electrons. The molecule has 0 aromatic carbocycles. The first-order valence-corrected chi connectivity index (χ1v) is 8.67. The van der Waals surface area contributed by atoms with E-state index in [0.29, 0.717) is 6.04 Å². The standard InChI is InChI=1S/C17H34N2O/c1-4-5-14-6-7-17(20)16(12-14)19-10-8-15(9-11-19)13-18(2)3/h14-17,20H,4-13H2,1-3H3. The lowest BCUT2D eigenvalue weighted by atomic mass is 9.80. The molecule has 0 bridgehead atoms. The van der Waals surface area contributed by atoms with Crippen LogP contribution in [0.2, 0.25) is 0 Å². The summed E-state index contributed by atoms with van der Waals surface area (Å²) in [6.07, 6.45) is 8.66. The second-order valence-electron chi connectivity index (χ2n) is 7.34. The summed E-state index contributed by atoms with van der Waals surface area (Å²) in [6.45, 7) is 5.89. The molecule has 0 aromatic heterocycles. The maximum Gasteiger partial charge on any atom is 0.0695 e. The average molecular weight is 282 g/mol. The van der Waals surface area contributed by atoms with Crippen molar-refractivity contribution in [2.75, 3.05) is 33.7 Å². The van der Waals surface area contributed by atoms with Gasteiger partial charge in [-0.1, -0.05) is 19.8 Å². The van der Waals surface area contributed by atoms with Crippen LogP contribution in [0.1, 0.15) is 51.9 Å². The summed E-state index contributed by atoms with van der Waals surface area (Å²) in [7, 11) is 4.35. The van der Waals surface area contributed by atoms with Crippen LogP contribution >= 0.6 is 0 Å². The first kappa shape index (κ1) is 16.3. The third kappa shape index (κ3) is 4.44. The van der Waals surface area contributed by atoms with Crippen molar-refractivity contribution < 1.29 is 5.11 Å². The Morgan fingerprint density at radius 1 is 1.05 bits per heavy atom. The number of likely N-dealkylation sites (tertiary alicyclic amines) is 1. The summed E-state index contributed by atoms with van der Waals surface area (Å²) in [4.78, 5) is 4.91. The van der Waals surface area contributed by atoms with E-state index in [1.807, 2.05) is 0 Å². The number of aliphatic hydroxyl groups excluding tert-OH is 1. The zero-order chi connectivity index (χ0) is 14.5. The second-order valence-corrected chi connectivity index (χ2v) is 7.34. The molecule has 3 nitrogen and oxygen atoms in total. The number of piperidine rings is 1. The Labute approximate surface area is 125 Å². The normalized spacial score (nSPS) is 33.8. The van der Waals surface area contributed by atoms with Crippen molar-refractivity contribution in [1.82, 2.24) is 9.80 Å². The van der Waals surface area contributed by atoms with Crippen LogP contribution in [0.4, 0.5) is 0 Å². The molecule has 1 aliphatic carbocycles. The summed E-state index contributed by atoms with van der Waals surface area (Å²) in [5.74, 6) is 1.71. The molecule has 0 amide bonds. The maximum absolute atomic E-state index is 10.4. The van der Waals surface area contributed by atoms with E-state index in [0.717, 1.165) is 18.3 Å². The van der Waals surface area contributed by atoms with Crippen molar-refractivity contribution >= 4 is 0 Å². The van der Waals surface area contributed by atoms with Gasteiger partial charge < -0.3 is 10.0 Å². The fraction of sp³-hybridized carbons (Fsp3) is 1.00. The molecule has 1 saturated carbocycles. The highest BCUT2D eigenvalue weighted by molar-refractivity contribution is 4.89. The third-order valence-corrected chi connectivity index (χ3v) is 5.33. The predicted octanol–water partition coefficient (Wildman–Crippen LogP) is 2.59. The molecule has 1 aliphatic heterocycles. The van der Waals surface area contributed by atoms with Gasteiger partial charge in [-0.05, 0) is 71.1 Å². The Kier molecular flexibility index (Phi) is 6.31. The number of aliphatic hydroxyl groups is 1. The lowest BCUT2D eigenvalue weighted by Gasteiger charge is -2.44. The number of nitrogens with zero attached hydrogens (tertiary/aromatic N) is 2. The topological polar surface area (TPSA) is 26.7 Å². The molecule has 0 spiro atoms. The highest BCUT2D eigenvalue weighted by Crippen LogP contribution is 2.33. The molecule has 1 heterocycles. The van der Waals surface area contributed by atoms with E-state index >= 15 is 0 Å². The van der Waals surface area contributed by atoms with Crippen molar-refractivity contribution in [3.8, 4) is 0 Å². The van der Waals surface area contributed by atoms with Gasteiger partial charge >= 0.3 is 0 Å². The Hall–Kier alpha value is -0.120. The van der Waals surface area contributed by atoms with Crippen LogP contribution in [0, 0.1) is 11.8 Å². The van der Waals surface area contributed by atoms with Crippen molar-refractivity contribution in [2.45, 2.75) is 64.0 Å². The first-order chi connectivity index (χ1) is 9.60. The van der Waals surface area contributed by atoms with Crippen molar-refractivity contribution in [3.05, 3.63) is 0 Å². The van der Waals surface area contributed by atoms with E-state index in [1.54, 1.807) is 0 Å². The highest BCUT2D eigenvalue weighted by Gasteiger charge is 2.34. The SMILES string of the molecule is CCCC1CCC(O)C(N2CCC(CN(C)C)CC2)C1. The van der Waals surface area contributed by atoms with E-state index in [-0.39, 0.29) is 6.10 Å². The lowest BCUT2D eigenvalue weighted by Crippen LogP contribution is -2.50. The molecular weight excluding hydrogens is 248 g/mol.